The van der Waals surface area contributed by atoms with E-state index in [2.05, 4.69) is 26.0 Å². The van der Waals surface area contributed by atoms with Gasteiger partial charge in [-0.15, -0.1) is 0 Å². The van der Waals surface area contributed by atoms with Crippen LogP contribution in [0.1, 0.15) is 52.4 Å². The number of para-hydroxylation sites is 1. The van der Waals surface area contributed by atoms with E-state index in [0.29, 0.717) is 12.2 Å². The van der Waals surface area contributed by atoms with Crippen LogP contribution in [-0.2, 0) is 4.79 Å². The van der Waals surface area contributed by atoms with Gasteiger partial charge in [0.15, 0.2) is 0 Å². The summed E-state index contributed by atoms with van der Waals surface area (Å²) in [6, 6.07) is 9.23. The molecule has 0 aliphatic carbocycles. The minimum absolute atomic E-state index is 0.167. The molecule has 1 rings (SSSR count). The molecule has 1 atom stereocenters. The lowest BCUT2D eigenvalue weighted by Crippen LogP contribution is -2.11. The van der Waals surface area contributed by atoms with Gasteiger partial charge in [0.1, 0.15) is 5.75 Å². The van der Waals surface area contributed by atoms with Crippen LogP contribution in [0.4, 0.5) is 0 Å². The molecule has 0 aliphatic rings. The average Bonchev–Trinajstić information content (AvgIpc) is 2.43. The Labute approximate surface area is 122 Å². The van der Waals surface area contributed by atoms with Crippen molar-refractivity contribution < 1.29 is 9.53 Å². The maximum atomic E-state index is 11.7. The normalized spacial score (nSPS) is 12.5. The molecular weight excluding hydrogens is 248 g/mol. The third-order valence-corrected chi connectivity index (χ3v) is 3.15. The van der Waals surface area contributed by atoms with E-state index in [1.165, 1.54) is 25.7 Å². The number of carbonyl (C=O) groups is 1. The molecule has 0 aromatic heterocycles. The van der Waals surface area contributed by atoms with Gasteiger partial charge in [-0.05, 0) is 30.9 Å². The molecule has 20 heavy (non-hydrogen) atoms. The molecule has 0 saturated carbocycles. The van der Waals surface area contributed by atoms with E-state index in [0.717, 1.165) is 6.42 Å². The highest BCUT2D eigenvalue weighted by Crippen LogP contribution is 2.12. The lowest BCUT2D eigenvalue weighted by atomic mass is 10.1. The molecule has 0 aliphatic heterocycles. The van der Waals surface area contributed by atoms with E-state index in [1.807, 2.05) is 18.2 Å². The second kappa shape index (κ2) is 10.2. The summed E-state index contributed by atoms with van der Waals surface area (Å²) in [6.07, 6.45) is 11.0. The smallest absolute Gasteiger partial charge is 0.311 e. The fourth-order valence-electron chi connectivity index (χ4n) is 2.01. The molecule has 1 aromatic rings. The average molecular weight is 274 g/mol. The molecule has 0 heterocycles. The van der Waals surface area contributed by atoms with Crippen LogP contribution in [0.15, 0.2) is 42.5 Å². The topological polar surface area (TPSA) is 26.3 Å². The summed E-state index contributed by atoms with van der Waals surface area (Å²) in [4.78, 5) is 11.7. The molecule has 2 nitrogen and oxygen atoms in total. The molecule has 1 unspecified atom stereocenters. The largest absolute Gasteiger partial charge is 0.427 e. The molecule has 110 valence electrons. The second-order valence-electron chi connectivity index (χ2n) is 5.25. The maximum absolute atomic E-state index is 11.7. The molecule has 0 N–H and O–H groups in total. The van der Waals surface area contributed by atoms with Crippen LogP contribution in [0.25, 0.3) is 0 Å². The number of ether oxygens (including phenoxy) is 1. The van der Waals surface area contributed by atoms with Crippen LogP contribution < -0.4 is 4.74 Å². The van der Waals surface area contributed by atoms with Gasteiger partial charge in [0.2, 0.25) is 0 Å². The van der Waals surface area contributed by atoms with Crippen LogP contribution in [-0.4, -0.2) is 5.97 Å². The summed E-state index contributed by atoms with van der Waals surface area (Å²) < 4.78 is 5.27. The zero-order valence-corrected chi connectivity index (χ0v) is 12.7. The Morgan fingerprint density at radius 2 is 1.95 bits per heavy atom. The Hall–Kier alpha value is -1.57. The molecule has 1 aromatic carbocycles. The van der Waals surface area contributed by atoms with Crippen LogP contribution in [0.2, 0.25) is 0 Å². The Balaban J connectivity index is 2.19. The zero-order valence-electron chi connectivity index (χ0n) is 12.7. The Kier molecular flexibility index (Phi) is 8.44. The Bertz CT molecular complexity index is 395. The number of esters is 1. The van der Waals surface area contributed by atoms with E-state index in [4.69, 9.17) is 4.74 Å². The van der Waals surface area contributed by atoms with E-state index < -0.39 is 0 Å². The van der Waals surface area contributed by atoms with Gasteiger partial charge in [-0.3, -0.25) is 4.79 Å². The minimum Gasteiger partial charge on any atom is -0.427 e. The predicted molar refractivity (Wildman–Crippen MR) is 83.8 cm³/mol. The summed E-state index contributed by atoms with van der Waals surface area (Å²) in [7, 11) is 0. The maximum Gasteiger partial charge on any atom is 0.311 e. The van der Waals surface area contributed by atoms with Gasteiger partial charge < -0.3 is 4.74 Å². The molecule has 0 fully saturated rings. The molecule has 0 saturated heterocycles. The van der Waals surface area contributed by atoms with Crippen molar-refractivity contribution in [3.8, 4) is 5.75 Å². The van der Waals surface area contributed by atoms with Crippen LogP contribution >= 0.6 is 0 Å². The van der Waals surface area contributed by atoms with Crippen molar-refractivity contribution in [1.82, 2.24) is 0 Å². The summed E-state index contributed by atoms with van der Waals surface area (Å²) in [5, 5.41) is 0. The second-order valence-corrected chi connectivity index (χ2v) is 5.25. The van der Waals surface area contributed by atoms with Crippen LogP contribution in [0.3, 0.4) is 0 Å². The number of rotatable bonds is 9. The first-order chi connectivity index (χ1) is 9.72. The highest BCUT2D eigenvalue weighted by molar-refractivity contribution is 5.72. The Morgan fingerprint density at radius 3 is 2.65 bits per heavy atom. The molecule has 0 radical (unpaired) electrons. The van der Waals surface area contributed by atoms with Crippen molar-refractivity contribution in [2.24, 2.45) is 5.92 Å². The van der Waals surface area contributed by atoms with Gasteiger partial charge in [0, 0.05) is 0 Å². The van der Waals surface area contributed by atoms with Crippen molar-refractivity contribution in [1.29, 1.82) is 0 Å². The van der Waals surface area contributed by atoms with Gasteiger partial charge >= 0.3 is 5.97 Å². The first kappa shape index (κ1) is 16.5. The quantitative estimate of drug-likeness (QED) is 0.269. The summed E-state index contributed by atoms with van der Waals surface area (Å²) in [5.74, 6) is 0.685. The summed E-state index contributed by atoms with van der Waals surface area (Å²) >= 11 is 0. The summed E-state index contributed by atoms with van der Waals surface area (Å²) in [5.41, 5.74) is 0. The lowest BCUT2D eigenvalue weighted by Gasteiger charge is -2.07. The van der Waals surface area contributed by atoms with Crippen LogP contribution in [0, 0.1) is 5.92 Å². The van der Waals surface area contributed by atoms with E-state index >= 15 is 0 Å². The van der Waals surface area contributed by atoms with E-state index in [9.17, 15) is 4.79 Å². The molecular formula is C18H26O2. The first-order valence-electron chi connectivity index (χ1n) is 7.64. The molecule has 0 spiro atoms. The highest BCUT2D eigenvalue weighted by Gasteiger charge is 2.08. The first-order valence-corrected chi connectivity index (χ1v) is 7.64. The molecule has 0 bridgehead atoms. The molecule has 0 amide bonds. The van der Waals surface area contributed by atoms with Gasteiger partial charge in [-0.1, -0.05) is 63.5 Å². The third-order valence-electron chi connectivity index (χ3n) is 3.15. The minimum atomic E-state index is -0.167. The van der Waals surface area contributed by atoms with Gasteiger partial charge in [0.25, 0.3) is 0 Å². The van der Waals surface area contributed by atoms with Crippen molar-refractivity contribution in [2.45, 2.75) is 52.4 Å². The van der Waals surface area contributed by atoms with E-state index in [1.54, 1.807) is 12.1 Å². The number of carbonyl (C=O) groups excluding carboxylic acids is 1. The number of hydrogen-bond acceptors (Lipinski definition) is 2. The van der Waals surface area contributed by atoms with Crippen molar-refractivity contribution >= 4 is 5.97 Å². The molecule has 2 heteroatoms. The van der Waals surface area contributed by atoms with Crippen LogP contribution in [0.5, 0.6) is 5.75 Å². The van der Waals surface area contributed by atoms with Gasteiger partial charge in [0.05, 0.1) is 6.42 Å². The Morgan fingerprint density at radius 1 is 1.20 bits per heavy atom. The lowest BCUT2D eigenvalue weighted by molar-refractivity contribution is -0.134. The standard InChI is InChI=1S/C18H26O2/c1-3-4-5-6-7-9-12-16(2)15-18(19)20-17-13-10-8-11-14-17/h8-14,16H,3-7,15H2,1-2H3/b12-9-. The van der Waals surface area contributed by atoms with E-state index in [-0.39, 0.29) is 11.9 Å². The van der Waals surface area contributed by atoms with Crippen molar-refractivity contribution in [2.75, 3.05) is 0 Å². The fourth-order valence-corrected chi connectivity index (χ4v) is 2.01. The highest BCUT2D eigenvalue weighted by atomic mass is 16.5. The number of benzene rings is 1. The third kappa shape index (κ3) is 7.78. The monoisotopic (exact) mass is 274 g/mol. The van der Waals surface area contributed by atoms with Crippen molar-refractivity contribution in [3.63, 3.8) is 0 Å². The fraction of sp³-hybridized carbons (Fsp3) is 0.500. The zero-order chi connectivity index (χ0) is 14.6. The number of allylic oxidation sites excluding steroid dienone is 2. The number of hydrogen-bond donors (Lipinski definition) is 0. The SMILES string of the molecule is CCCCCC/C=C\C(C)CC(=O)Oc1ccccc1. The van der Waals surface area contributed by atoms with Gasteiger partial charge in [-0.2, -0.15) is 0 Å². The van der Waals surface area contributed by atoms with Crippen molar-refractivity contribution in [3.05, 3.63) is 42.5 Å². The van der Waals surface area contributed by atoms with Gasteiger partial charge in [-0.25, -0.2) is 0 Å². The summed E-state index contributed by atoms with van der Waals surface area (Å²) in [6.45, 7) is 4.27. The number of unbranched alkanes of at least 4 members (excludes halogenated alkanes) is 4. The predicted octanol–water partition coefficient (Wildman–Crippen LogP) is 5.14.